The van der Waals surface area contributed by atoms with E-state index in [0.717, 1.165) is 42.4 Å². The summed E-state index contributed by atoms with van der Waals surface area (Å²) in [5.41, 5.74) is 1.43. The van der Waals surface area contributed by atoms with Crippen LogP contribution in [-0.4, -0.2) is 34.6 Å². The molecule has 0 bridgehead atoms. The van der Waals surface area contributed by atoms with E-state index in [1.165, 1.54) is 10.4 Å². The summed E-state index contributed by atoms with van der Waals surface area (Å²) in [6.07, 6.45) is 5.94. The third-order valence-corrected chi connectivity index (χ3v) is 5.85. The van der Waals surface area contributed by atoms with Gasteiger partial charge in [0.15, 0.2) is 0 Å². The number of hydrogen-bond donors (Lipinski definition) is 0. The van der Waals surface area contributed by atoms with E-state index >= 15 is 0 Å². The quantitative estimate of drug-likeness (QED) is 0.869. The Labute approximate surface area is 135 Å². The van der Waals surface area contributed by atoms with Crippen LogP contribution >= 0.6 is 11.3 Å². The van der Waals surface area contributed by atoms with Crippen molar-refractivity contribution in [3.63, 3.8) is 0 Å². The molecule has 0 saturated carbocycles. The minimum Gasteiger partial charge on any atom is -0.306 e. The van der Waals surface area contributed by atoms with Crippen molar-refractivity contribution in [2.24, 2.45) is 5.92 Å². The zero-order valence-electron chi connectivity index (χ0n) is 13.9. The van der Waals surface area contributed by atoms with Crippen molar-refractivity contribution < 1.29 is 0 Å². The summed E-state index contributed by atoms with van der Waals surface area (Å²) >= 11 is 1.72. The average molecular weight is 319 g/mol. The molecule has 0 fully saturated rings. The molecule has 0 aliphatic heterocycles. The molecule has 0 aromatic carbocycles. The Morgan fingerprint density at radius 2 is 2.23 bits per heavy atom. The lowest BCUT2D eigenvalue weighted by Gasteiger charge is -2.27. The second-order valence-corrected chi connectivity index (χ2v) is 8.05. The number of aryl methyl sites for hydroxylation is 2. The van der Waals surface area contributed by atoms with Gasteiger partial charge in [-0.25, -0.2) is 4.98 Å². The molecule has 22 heavy (non-hydrogen) atoms. The lowest BCUT2D eigenvalue weighted by molar-refractivity contribution is 0.270. The molecular weight excluding hydrogens is 294 g/mol. The molecule has 120 valence electrons. The Morgan fingerprint density at radius 3 is 2.91 bits per heavy atom. The van der Waals surface area contributed by atoms with Gasteiger partial charge in [0.05, 0.1) is 11.7 Å². The van der Waals surface area contributed by atoms with Gasteiger partial charge in [-0.05, 0) is 51.3 Å². The van der Waals surface area contributed by atoms with Crippen LogP contribution in [0.2, 0.25) is 0 Å². The fourth-order valence-corrected chi connectivity index (χ4v) is 4.43. The maximum atomic E-state index is 12.8. The molecule has 1 unspecified atom stereocenters. The van der Waals surface area contributed by atoms with Gasteiger partial charge in [-0.1, -0.05) is 13.8 Å². The van der Waals surface area contributed by atoms with Gasteiger partial charge >= 0.3 is 0 Å². The van der Waals surface area contributed by atoms with Crippen molar-refractivity contribution in [1.29, 1.82) is 0 Å². The van der Waals surface area contributed by atoms with Crippen LogP contribution in [0.25, 0.3) is 10.2 Å². The van der Waals surface area contributed by atoms with Crippen molar-refractivity contribution in [3.8, 4) is 0 Å². The summed E-state index contributed by atoms with van der Waals surface area (Å²) in [5.74, 6) is 0.597. The summed E-state index contributed by atoms with van der Waals surface area (Å²) in [4.78, 5) is 22.0. The van der Waals surface area contributed by atoms with Crippen LogP contribution in [0.15, 0.2) is 11.1 Å². The van der Waals surface area contributed by atoms with E-state index in [0.29, 0.717) is 12.0 Å². The summed E-state index contributed by atoms with van der Waals surface area (Å²) in [6.45, 7) is 5.14. The molecule has 0 spiro atoms. The Bertz CT molecular complexity index is 729. The van der Waals surface area contributed by atoms with E-state index in [9.17, 15) is 4.79 Å². The van der Waals surface area contributed by atoms with E-state index in [4.69, 9.17) is 0 Å². The number of hydrogen-bond acceptors (Lipinski definition) is 4. The van der Waals surface area contributed by atoms with Crippen LogP contribution in [-0.2, 0) is 19.4 Å². The average Bonchev–Trinajstić information content (AvgIpc) is 2.84. The summed E-state index contributed by atoms with van der Waals surface area (Å²) in [5, 5.41) is 0.892. The molecule has 1 atom stereocenters. The Kier molecular flexibility index (Phi) is 4.37. The lowest BCUT2D eigenvalue weighted by Crippen LogP contribution is -2.33. The SMILES string of the molecule is CC(C)CCn1cnc2sc3c(c2c1=O)CCC(N(C)C)C3. The molecule has 5 heteroatoms. The van der Waals surface area contributed by atoms with Gasteiger partial charge in [0.1, 0.15) is 4.83 Å². The van der Waals surface area contributed by atoms with E-state index in [1.54, 1.807) is 22.2 Å². The van der Waals surface area contributed by atoms with Crippen LogP contribution in [0.4, 0.5) is 0 Å². The zero-order chi connectivity index (χ0) is 15.9. The van der Waals surface area contributed by atoms with Gasteiger partial charge < -0.3 is 4.90 Å². The highest BCUT2D eigenvalue weighted by Gasteiger charge is 2.26. The largest absolute Gasteiger partial charge is 0.306 e. The van der Waals surface area contributed by atoms with Crippen LogP contribution in [0.3, 0.4) is 0 Å². The van der Waals surface area contributed by atoms with Gasteiger partial charge in [-0.3, -0.25) is 9.36 Å². The van der Waals surface area contributed by atoms with Gasteiger partial charge in [-0.2, -0.15) is 0 Å². The van der Waals surface area contributed by atoms with Crippen LogP contribution in [0.1, 0.15) is 37.1 Å². The maximum absolute atomic E-state index is 12.8. The maximum Gasteiger partial charge on any atom is 0.262 e. The minimum absolute atomic E-state index is 0.159. The molecule has 1 aliphatic rings. The van der Waals surface area contributed by atoms with Gasteiger partial charge in [0.2, 0.25) is 0 Å². The van der Waals surface area contributed by atoms with Crippen molar-refractivity contribution in [2.45, 2.75) is 52.1 Å². The highest BCUT2D eigenvalue weighted by atomic mass is 32.1. The molecule has 0 N–H and O–H groups in total. The molecule has 2 aromatic rings. The third-order valence-electron chi connectivity index (χ3n) is 4.69. The smallest absolute Gasteiger partial charge is 0.262 e. The highest BCUT2D eigenvalue weighted by Crippen LogP contribution is 2.34. The number of aromatic nitrogens is 2. The van der Waals surface area contributed by atoms with Crippen LogP contribution in [0.5, 0.6) is 0 Å². The lowest BCUT2D eigenvalue weighted by atomic mass is 9.92. The first-order valence-electron chi connectivity index (χ1n) is 8.13. The molecule has 1 aliphatic carbocycles. The Hall–Kier alpha value is -1.20. The zero-order valence-corrected chi connectivity index (χ0v) is 14.7. The summed E-state index contributed by atoms with van der Waals surface area (Å²) < 4.78 is 1.80. The number of rotatable bonds is 4. The second-order valence-electron chi connectivity index (χ2n) is 6.97. The van der Waals surface area contributed by atoms with Crippen molar-refractivity contribution in [1.82, 2.24) is 14.5 Å². The molecule has 2 aromatic heterocycles. The first-order chi connectivity index (χ1) is 10.5. The Balaban J connectivity index is 1.99. The van der Waals surface area contributed by atoms with E-state index in [1.807, 2.05) is 0 Å². The van der Waals surface area contributed by atoms with Crippen molar-refractivity contribution >= 4 is 21.6 Å². The minimum atomic E-state index is 0.159. The number of fused-ring (bicyclic) bond motifs is 3. The fraction of sp³-hybridized carbons (Fsp3) is 0.647. The van der Waals surface area contributed by atoms with E-state index in [2.05, 4.69) is 37.8 Å². The predicted molar refractivity (Wildman–Crippen MR) is 92.8 cm³/mol. The molecule has 0 amide bonds. The van der Waals surface area contributed by atoms with Crippen LogP contribution < -0.4 is 5.56 Å². The van der Waals surface area contributed by atoms with Crippen molar-refractivity contribution in [2.75, 3.05) is 14.1 Å². The fourth-order valence-electron chi connectivity index (χ4n) is 3.18. The first kappa shape index (κ1) is 15.7. The predicted octanol–water partition coefficient (Wildman–Crippen LogP) is 2.92. The summed E-state index contributed by atoms with van der Waals surface area (Å²) in [6, 6.07) is 0.587. The van der Waals surface area contributed by atoms with Gasteiger partial charge in [-0.15, -0.1) is 11.3 Å². The van der Waals surface area contributed by atoms with Gasteiger partial charge in [0.25, 0.3) is 5.56 Å². The molecular formula is C17H25N3OS. The Morgan fingerprint density at radius 1 is 1.45 bits per heavy atom. The highest BCUT2D eigenvalue weighted by molar-refractivity contribution is 7.18. The number of thiophene rings is 1. The second kappa shape index (κ2) is 6.13. The summed E-state index contributed by atoms with van der Waals surface area (Å²) in [7, 11) is 4.28. The molecule has 3 rings (SSSR count). The monoisotopic (exact) mass is 319 g/mol. The standard InChI is InChI=1S/C17H25N3OS/c1-11(2)7-8-20-10-18-16-15(17(20)21)13-6-5-12(19(3)4)9-14(13)22-16/h10-12H,5-9H2,1-4H3. The molecule has 4 nitrogen and oxygen atoms in total. The molecule has 0 saturated heterocycles. The normalized spacial score (nSPS) is 18.4. The molecule has 2 heterocycles. The van der Waals surface area contributed by atoms with E-state index < -0.39 is 0 Å². The van der Waals surface area contributed by atoms with Crippen LogP contribution in [0, 0.1) is 5.92 Å². The first-order valence-corrected chi connectivity index (χ1v) is 8.95. The molecule has 0 radical (unpaired) electrons. The van der Waals surface area contributed by atoms with Crippen molar-refractivity contribution in [3.05, 3.63) is 27.1 Å². The third kappa shape index (κ3) is 2.84. The number of nitrogens with zero attached hydrogens (tertiary/aromatic N) is 3. The number of likely N-dealkylation sites (N-methyl/N-ethyl adjacent to an activating group) is 1. The topological polar surface area (TPSA) is 38.1 Å². The van der Waals surface area contributed by atoms with E-state index in [-0.39, 0.29) is 5.56 Å². The van der Waals surface area contributed by atoms with Gasteiger partial charge in [0, 0.05) is 17.5 Å².